The van der Waals surface area contributed by atoms with Crippen LogP contribution >= 0.6 is 0 Å². The second-order valence-electron chi connectivity index (χ2n) is 5.64. The summed E-state index contributed by atoms with van der Waals surface area (Å²) in [5, 5.41) is 8.39. The first-order valence-corrected chi connectivity index (χ1v) is 8.11. The molecular weight excluding hydrogens is 302 g/mol. The zero-order valence-corrected chi connectivity index (χ0v) is 14.0. The van der Waals surface area contributed by atoms with Crippen LogP contribution < -0.4 is 10.1 Å². The van der Waals surface area contributed by atoms with E-state index in [-0.39, 0.29) is 5.91 Å². The number of para-hydroxylation sites is 1. The summed E-state index contributed by atoms with van der Waals surface area (Å²) in [5.41, 5.74) is 3.02. The monoisotopic (exact) mass is 323 g/mol. The van der Waals surface area contributed by atoms with Crippen molar-refractivity contribution in [1.82, 2.24) is 9.78 Å². The number of carbonyl (C=O) groups is 1. The SMILES string of the molecule is CCOc1ccc(NC(=O)CCn2ncc3cccc(C)c32)cc1. The van der Waals surface area contributed by atoms with E-state index in [1.54, 1.807) is 0 Å². The second kappa shape index (κ2) is 7.17. The van der Waals surface area contributed by atoms with E-state index in [4.69, 9.17) is 4.74 Å². The van der Waals surface area contributed by atoms with Crippen molar-refractivity contribution in [3.8, 4) is 5.75 Å². The standard InChI is InChI=1S/C19H21N3O2/c1-3-24-17-9-7-16(8-10-17)21-18(23)11-12-22-19-14(2)5-4-6-15(19)13-20-22/h4-10,13H,3,11-12H2,1-2H3,(H,21,23). The van der Waals surface area contributed by atoms with Gasteiger partial charge in [0, 0.05) is 17.5 Å². The summed E-state index contributed by atoms with van der Waals surface area (Å²) < 4.78 is 7.28. The van der Waals surface area contributed by atoms with E-state index in [1.807, 2.05) is 54.2 Å². The number of aromatic nitrogens is 2. The first-order valence-electron chi connectivity index (χ1n) is 8.11. The molecule has 0 aliphatic carbocycles. The van der Waals surface area contributed by atoms with Crippen LogP contribution in [0.1, 0.15) is 18.9 Å². The Morgan fingerprint density at radius 3 is 2.75 bits per heavy atom. The average molecular weight is 323 g/mol. The van der Waals surface area contributed by atoms with Crippen molar-refractivity contribution in [3.63, 3.8) is 0 Å². The number of anilines is 1. The molecular formula is C19H21N3O2. The number of nitrogens with zero attached hydrogens (tertiary/aromatic N) is 2. The first kappa shape index (κ1) is 16.1. The highest BCUT2D eigenvalue weighted by Gasteiger charge is 2.08. The Labute approximate surface area is 141 Å². The number of nitrogens with one attached hydrogen (secondary N) is 1. The Hall–Kier alpha value is -2.82. The molecule has 0 saturated heterocycles. The van der Waals surface area contributed by atoms with Crippen LogP contribution in [0.3, 0.4) is 0 Å². The van der Waals surface area contributed by atoms with Gasteiger partial charge >= 0.3 is 0 Å². The first-order chi connectivity index (χ1) is 11.7. The van der Waals surface area contributed by atoms with Crippen LogP contribution in [0.4, 0.5) is 5.69 Å². The molecule has 0 atom stereocenters. The molecule has 3 rings (SSSR count). The zero-order valence-electron chi connectivity index (χ0n) is 14.0. The van der Waals surface area contributed by atoms with E-state index in [9.17, 15) is 4.79 Å². The zero-order chi connectivity index (χ0) is 16.9. The fraction of sp³-hybridized carbons (Fsp3) is 0.263. The van der Waals surface area contributed by atoms with E-state index in [0.717, 1.165) is 27.9 Å². The molecule has 24 heavy (non-hydrogen) atoms. The van der Waals surface area contributed by atoms with Crippen LogP contribution in [0.15, 0.2) is 48.7 Å². The van der Waals surface area contributed by atoms with E-state index in [2.05, 4.69) is 23.4 Å². The lowest BCUT2D eigenvalue weighted by molar-refractivity contribution is -0.116. The highest BCUT2D eigenvalue weighted by atomic mass is 16.5. The lowest BCUT2D eigenvalue weighted by Gasteiger charge is -2.08. The number of hydrogen-bond acceptors (Lipinski definition) is 3. The molecule has 124 valence electrons. The van der Waals surface area contributed by atoms with Gasteiger partial charge in [0.25, 0.3) is 0 Å². The van der Waals surface area contributed by atoms with Crippen molar-refractivity contribution in [2.75, 3.05) is 11.9 Å². The van der Waals surface area contributed by atoms with Gasteiger partial charge in [-0.2, -0.15) is 5.10 Å². The lowest BCUT2D eigenvalue weighted by Crippen LogP contribution is -2.15. The average Bonchev–Trinajstić information content (AvgIpc) is 3.00. The van der Waals surface area contributed by atoms with Gasteiger partial charge in [0.1, 0.15) is 5.75 Å². The van der Waals surface area contributed by atoms with Gasteiger partial charge in [-0.25, -0.2) is 0 Å². The Bertz CT molecular complexity index is 837. The number of hydrogen-bond donors (Lipinski definition) is 1. The summed E-state index contributed by atoms with van der Waals surface area (Å²) >= 11 is 0. The van der Waals surface area contributed by atoms with Crippen molar-refractivity contribution in [3.05, 3.63) is 54.2 Å². The normalized spacial score (nSPS) is 10.8. The fourth-order valence-electron chi connectivity index (χ4n) is 2.73. The summed E-state index contributed by atoms with van der Waals surface area (Å²) in [5.74, 6) is 0.769. The van der Waals surface area contributed by atoms with Gasteiger partial charge in [-0.1, -0.05) is 18.2 Å². The summed E-state index contributed by atoms with van der Waals surface area (Å²) in [7, 11) is 0. The molecule has 1 aromatic heterocycles. The third kappa shape index (κ3) is 3.56. The van der Waals surface area contributed by atoms with E-state index in [0.29, 0.717) is 19.6 Å². The maximum Gasteiger partial charge on any atom is 0.226 e. The van der Waals surface area contributed by atoms with Crippen molar-refractivity contribution < 1.29 is 9.53 Å². The molecule has 1 N–H and O–H groups in total. The summed E-state index contributed by atoms with van der Waals surface area (Å²) in [6, 6.07) is 13.5. The highest BCUT2D eigenvalue weighted by Crippen LogP contribution is 2.18. The Morgan fingerprint density at radius 1 is 1.21 bits per heavy atom. The quantitative estimate of drug-likeness (QED) is 0.751. The van der Waals surface area contributed by atoms with Crippen LogP contribution in [0.25, 0.3) is 10.9 Å². The van der Waals surface area contributed by atoms with Crippen LogP contribution in [0.5, 0.6) is 5.75 Å². The number of rotatable bonds is 6. The molecule has 0 bridgehead atoms. The maximum atomic E-state index is 12.2. The lowest BCUT2D eigenvalue weighted by atomic mass is 10.2. The van der Waals surface area contributed by atoms with E-state index in [1.165, 1.54) is 0 Å². The van der Waals surface area contributed by atoms with Gasteiger partial charge in [-0.05, 0) is 43.7 Å². The molecule has 0 aliphatic rings. The van der Waals surface area contributed by atoms with Crippen LogP contribution in [0.2, 0.25) is 0 Å². The third-order valence-electron chi connectivity index (χ3n) is 3.86. The minimum Gasteiger partial charge on any atom is -0.494 e. The smallest absolute Gasteiger partial charge is 0.226 e. The summed E-state index contributed by atoms with van der Waals surface area (Å²) in [4.78, 5) is 12.2. The van der Waals surface area contributed by atoms with Crippen molar-refractivity contribution >= 4 is 22.5 Å². The Morgan fingerprint density at radius 2 is 2.00 bits per heavy atom. The predicted octanol–water partition coefficient (Wildman–Crippen LogP) is 3.77. The van der Waals surface area contributed by atoms with Gasteiger partial charge in [0.2, 0.25) is 5.91 Å². The Balaban J connectivity index is 1.60. The molecule has 1 heterocycles. The van der Waals surface area contributed by atoms with Crippen LogP contribution in [-0.4, -0.2) is 22.3 Å². The molecule has 3 aromatic rings. The minimum atomic E-state index is -0.0311. The Kier molecular flexibility index (Phi) is 4.79. The topological polar surface area (TPSA) is 56.1 Å². The number of carbonyl (C=O) groups excluding carboxylic acids is 1. The molecule has 0 radical (unpaired) electrons. The van der Waals surface area contributed by atoms with Gasteiger partial charge in [0.15, 0.2) is 0 Å². The molecule has 2 aromatic carbocycles. The molecule has 1 amide bonds. The molecule has 0 aliphatic heterocycles. The summed E-state index contributed by atoms with van der Waals surface area (Å²) in [6.45, 7) is 5.18. The summed E-state index contributed by atoms with van der Waals surface area (Å²) in [6.07, 6.45) is 2.21. The van der Waals surface area contributed by atoms with Crippen molar-refractivity contribution in [2.24, 2.45) is 0 Å². The van der Waals surface area contributed by atoms with Crippen LogP contribution in [-0.2, 0) is 11.3 Å². The number of benzene rings is 2. The van der Waals surface area contributed by atoms with Gasteiger partial charge < -0.3 is 10.1 Å². The molecule has 0 fully saturated rings. The number of fused-ring (bicyclic) bond motifs is 1. The number of aryl methyl sites for hydroxylation is 2. The van der Waals surface area contributed by atoms with Gasteiger partial charge in [0.05, 0.1) is 24.9 Å². The van der Waals surface area contributed by atoms with Gasteiger partial charge in [-0.15, -0.1) is 0 Å². The van der Waals surface area contributed by atoms with Crippen LogP contribution in [0, 0.1) is 6.92 Å². The molecule has 0 unspecified atom stereocenters. The number of amides is 1. The molecule has 0 spiro atoms. The van der Waals surface area contributed by atoms with Gasteiger partial charge in [-0.3, -0.25) is 9.48 Å². The number of ether oxygens (including phenoxy) is 1. The minimum absolute atomic E-state index is 0.0311. The maximum absolute atomic E-state index is 12.2. The molecule has 0 saturated carbocycles. The predicted molar refractivity (Wildman–Crippen MR) is 95.3 cm³/mol. The largest absolute Gasteiger partial charge is 0.494 e. The molecule has 5 heteroatoms. The third-order valence-corrected chi connectivity index (χ3v) is 3.86. The van der Waals surface area contributed by atoms with E-state index < -0.39 is 0 Å². The van der Waals surface area contributed by atoms with E-state index >= 15 is 0 Å². The highest BCUT2D eigenvalue weighted by molar-refractivity contribution is 5.90. The van der Waals surface area contributed by atoms with Crippen molar-refractivity contribution in [2.45, 2.75) is 26.8 Å². The second-order valence-corrected chi connectivity index (χ2v) is 5.64. The van der Waals surface area contributed by atoms with Crippen molar-refractivity contribution in [1.29, 1.82) is 0 Å². The molecule has 5 nitrogen and oxygen atoms in total. The fourth-order valence-corrected chi connectivity index (χ4v) is 2.73.